The number of ether oxygens (including phenoxy) is 1. The van der Waals surface area contributed by atoms with E-state index in [1.807, 2.05) is 0 Å². The van der Waals surface area contributed by atoms with E-state index in [4.69, 9.17) is 10.5 Å². The van der Waals surface area contributed by atoms with Crippen LogP contribution in [0, 0.1) is 5.82 Å². The lowest BCUT2D eigenvalue weighted by Gasteiger charge is -2.27. The summed E-state index contributed by atoms with van der Waals surface area (Å²) in [6.07, 6.45) is 1.20. The van der Waals surface area contributed by atoms with Crippen molar-refractivity contribution in [1.82, 2.24) is 4.72 Å². The van der Waals surface area contributed by atoms with Crippen molar-refractivity contribution in [1.29, 1.82) is 0 Å². The highest BCUT2D eigenvalue weighted by molar-refractivity contribution is 7.92. The SMILES string of the molecule is NCCOC1CCc2c(cc(O)c(N3CC(=O)NS3(=O)=O)c2F)C1. The lowest BCUT2D eigenvalue weighted by atomic mass is 9.88. The average molecular weight is 359 g/mol. The van der Waals surface area contributed by atoms with E-state index in [9.17, 15) is 22.7 Å². The summed E-state index contributed by atoms with van der Waals surface area (Å²) >= 11 is 0. The molecule has 1 atom stereocenters. The fourth-order valence-corrected chi connectivity index (χ4v) is 4.25. The van der Waals surface area contributed by atoms with Crippen LogP contribution in [0.25, 0.3) is 0 Å². The van der Waals surface area contributed by atoms with Crippen LogP contribution in [-0.2, 0) is 32.6 Å². The van der Waals surface area contributed by atoms with Crippen molar-refractivity contribution in [3.63, 3.8) is 0 Å². The molecule has 0 bridgehead atoms. The molecule has 1 aromatic rings. The largest absolute Gasteiger partial charge is 0.506 e. The zero-order valence-electron chi connectivity index (χ0n) is 12.8. The molecule has 0 radical (unpaired) electrons. The highest BCUT2D eigenvalue weighted by atomic mass is 32.2. The summed E-state index contributed by atoms with van der Waals surface area (Å²) < 4.78 is 46.5. The van der Waals surface area contributed by atoms with Crippen molar-refractivity contribution in [3.8, 4) is 5.75 Å². The topological polar surface area (TPSA) is 122 Å². The average Bonchev–Trinajstić information content (AvgIpc) is 2.77. The van der Waals surface area contributed by atoms with Crippen LogP contribution < -0.4 is 14.8 Å². The Hall–Kier alpha value is -1.91. The normalized spacial score (nSPS) is 22.3. The summed E-state index contributed by atoms with van der Waals surface area (Å²) in [5.74, 6) is -2.12. The predicted octanol–water partition coefficient (Wildman–Crippen LogP) is -0.455. The van der Waals surface area contributed by atoms with Crippen LogP contribution in [0.3, 0.4) is 0 Å². The number of halogens is 1. The van der Waals surface area contributed by atoms with E-state index < -0.39 is 39.9 Å². The van der Waals surface area contributed by atoms with Gasteiger partial charge in [-0.2, -0.15) is 8.42 Å². The fourth-order valence-electron chi connectivity index (χ4n) is 3.08. The Morgan fingerprint density at radius 1 is 1.50 bits per heavy atom. The molecule has 1 amide bonds. The number of amides is 1. The summed E-state index contributed by atoms with van der Waals surface area (Å²) in [7, 11) is -4.19. The van der Waals surface area contributed by atoms with Crippen molar-refractivity contribution in [2.75, 3.05) is 24.0 Å². The van der Waals surface area contributed by atoms with Gasteiger partial charge in [0.2, 0.25) is 0 Å². The number of nitrogens with two attached hydrogens (primary N) is 1. The Morgan fingerprint density at radius 2 is 2.25 bits per heavy atom. The Labute approximate surface area is 138 Å². The summed E-state index contributed by atoms with van der Waals surface area (Å²) in [6.45, 7) is 0.218. The first-order valence-corrected chi connectivity index (χ1v) is 8.95. The maximum Gasteiger partial charge on any atom is 0.326 e. The van der Waals surface area contributed by atoms with Gasteiger partial charge in [0.25, 0.3) is 5.91 Å². The standard InChI is InChI=1S/C14H18FN3O5S/c15-13-10-2-1-9(23-4-3-16)5-8(10)6-11(19)14(13)18-7-12(20)17-24(18,21)22/h6,9,19H,1-5,7,16H2,(H,17,20). The van der Waals surface area contributed by atoms with Gasteiger partial charge in [0.05, 0.1) is 12.7 Å². The van der Waals surface area contributed by atoms with Gasteiger partial charge in [0.1, 0.15) is 18.0 Å². The van der Waals surface area contributed by atoms with Gasteiger partial charge in [0.15, 0.2) is 5.82 Å². The summed E-state index contributed by atoms with van der Waals surface area (Å²) in [4.78, 5) is 11.3. The number of fused-ring (bicyclic) bond motifs is 1. The number of carbonyl (C=O) groups excluding carboxylic acids is 1. The van der Waals surface area contributed by atoms with Crippen LogP contribution in [0.2, 0.25) is 0 Å². The molecule has 132 valence electrons. The highest BCUT2D eigenvalue weighted by Gasteiger charge is 2.39. The fraction of sp³-hybridized carbons (Fsp3) is 0.500. The van der Waals surface area contributed by atoms with Crippen molar-refractivity contribution in [2.45, 2.75) is 25.4 Å². The van der Waals surface area contributed by atoms with Crippen molar-refractivity contribution >= 4 is 21.8 Å². The summed E-state index contributed by atoms with van der Waals surface area (Å²) in [5, 5.41) is 10.1. The minimum Gasteiger partial charge on any atom is -0.506 e. The van der Waals surface area contributed by atoms with E-state index in [-0.39, 0.29) is 6.10 Å². The van der Waals surface area contributed by atoms with Crippen LogP contribution in [0.15, 0.2) is 6.07 Å². The molecule has 3 rings (SSSR count). The smallest absolute Gasteiger partial charge is 0.326 e. The number of benzene rings is 1. The molecule has 1 aromatic carbocycles. The number of hydrogen-bond acceptors (Lipinski definition) is 6. The minimum atomic E-state index is -4.19. The molecule has 8 nitrogen and oxygen atoms in total. The monoisotopic (exact) mass is 359 g/mol. The van der Waals surface area contributed by atoms with Crippen LogP contribution in [0.4, 0.5) is 10.1 Å². The van der Waals surface area contributed by atoms with E-state index >= 15 is 0 Å². The zero-order chi connectivity index (χ0) is 17.5. The van der Waals surface area contributed by atoms with Gasteiger partial charge >= 0.3 is 10.2 Å². The molecule has 0 saturated carbocycles. The van der Waals surface area contributed by atoms with Gasteiger partial charge < -0.3 is 15.6 Å². The van der Waals surface area contributed by atoms with E-state index in [0.717, 1.165) is 0 Å². The number of rotatable bonds is 4. The minimum absolute atomic E-state index is 0.121. The Kier molecular flexibility index (Phi) is 4.37. The molecular weight excluding hydrogens is 341 g/mol. The number of hydrogen-bond donors (Lipinski definition) is 3. The Bertz CT molecular complexity index is 783. The lowest BCUT2D eigenvalue weighted by molar-refractivity contribution is -0.117. The van der Waals surface area contributed by atoms with E-state index in [1.165, 1.54) is 6.07 Å². The maximum atomic E-state index is 14.9. The lowest BCUT2D eigenvalue weighted by Crippen LogP contribution is -2.31. The van der Waals surface area contributed by atoms with Crippen LogP contribution in [0.1, 0.15) is 17.5 Å². The van der Waals surface area contributed by atoms with Gasteiger partial charge in [-0.05, 0) is 36.5 Å². The molecule has 1 unspecified atom stereocenters. The number of nitrogens with zero attached hydrogens (tertiary/aromatic N) is 1. The van der Waals surface area contributed by atoms with Crippen LogP contribution in [-0.4, -0.2) is 45.2 Å². The second kappa shape index (κ2) is 6.19. The third kappa shape index (κ3) is 2.92. The number of phenols is 1. The number of nitrogens with one attached hydrogen (secondary N) is 1. The molecule has 1 aliphatic heterocycles. The molecule has 24 heavy (non-hydrogen) atoms. The van der Waals surface area contributed by atoms with Crippen molar-refractivity contribution in [3.05, 3.63) is 23.0 Å². The number of anilines is 1. The molecule has 1 fully saturated rings. The van der Waals surface area contributed by atoms with Gasteiger partial charge in [-0.15, -0.1) is 0 Å². The summed E-state index contributed by atoms with van der Waals surface area (Å²) in [5.41, 5.74) is 5.81. The summed E-state index contributed by atoms with van der Waals surface area (Å²) in [6, 6.07) is 1.34. The molecular formula is C14H18FN3O5S. The van der Waals surface area contributed by atoms with E-state index in [2.05, 4.69) is 0 Å². The Morgan fingerprint density at radius 3 is 2.88 bits per heavy atom. The molecule has 10 heteroatoms. The molecule has 1 aliphatic carbocycles. The van der Waals surface area contributed by atoms with E-state index in [0.29, 0.717) is 47.8 Å². The predicted molar refractivity (Wildman–Crippen MR) is 83.3 cm³/mol. The van der Waals surface area contributed by atoms with Crippen LogP contribution >= 0.6 is 0 Å². The number of phenolic OH excluding ortho intramolecular Hbond substituents is 1. The van der Waals surface area contributed by atoms with Crippen LogP contribution in [0.5, 0.6) is 5.75 Å². The molecule has 0 spiro atoms. The first-order valence-electron chi connectivity index (χ1n) is 7.51. The first-order chi connectivity index (χ1) is 11.3. The Balaban J connectivity index is 1.97. The molecule has 4 N–H and O–H groups in total. The van der Waals surface area contributed by atoms with Crippen molar-refractivity contribution < 1.29 is 27.4 Å². The second-order valence-corrected chi connectivity index (χ2v) is 7.35. The number of aromatic hydroxyl groups is 1. The molecule has 0 aromatic heterocycles. The number of carbonyl (C=O) groups is 1. The maximum absolute atomic E-state index is 14.9. The third-order valence-electron chi connectivity index (χ3n) is 4.12. The van der Waals surface area contributed by atoms with Gasteiger partial charge in [-0.25, -0.2) is 13.4 Å². The first kappa shape index (κ1) is 16.9. The molecule has 1 heterocycles. The second-order valence-electron chi connectivity index (χ2n) is 5.76. The zero-order valence-corrected chi connectivity index (χ0v) is 13.6. The molecule has 1 saturated heterocycles. The van der Waals surface area contributed by atoms with Gasteiger partial charge in [0, 0.05) is 6.54 Å². The van der Waals surface area contributed by atoms with Gasteiger partial charge in [-0.3, -0.25) is 4.79 Å². The van der Waals surface area contributed by atoms with Crippen molar-refractivity contribution in [2.24, 2.45) is 5.73 Å². The molecule has 2 aliphatic rings. The third-order valence-corrected chi connectivity index (χ3v) is 5.50. The van der Waals surface area contributed by atoms with E-state index in [1.54, 1.807) is 4.72 Å². The quantitative estimate of drug-likeness (QED) is 0.669. The van der Waals surface area contributed by atoms with Gasteiger partial charge in [-0.1, -0.05) is 0 Å². The highest BCUT2D eigenvalue weighted by Crippen LogP contribution is 2.39.